The summed E-state index contributed by atoms with van der Waals surface area (Å²) in [5.41, 5.74) is 3.68. The molecule has 1 aliphatic rings. The highest BCUT2D eigenvalue weighted by atomic mass is 16.6. The van der Waals surface area contributed by atoms with Crippen molar-refractivity contribution in [1.29, 1.82) is 0 Å². The van der Waals surface area contributed by atoms with Crippen molar-refractivity contribution in [2.45, 2.75) is 32.4 Å². The normalized spacial score (nSPS) is 33.0. The van der Waals surface area contributed by atoms with Gasteiger partial charge in [-0.15, -0.1) is 0 Å². The average molecular weight is 144 g/mol. The van der Waals surface area contributed by atoms with Crippen LogP contribution < -0.4 is 5.73 Å². The monoisotopic (exact) mass is 144 g/mol. The van der Waals surface area contributed by atoms with Crippen molar-refractivity contribution in [1.82, 2.24) is 0 Å². The summed E-state index contributed by atoms with van der Waals surface area (Å²) < 4.78 is 5.03. The fraction of sp³-hybridized carbons (Fsp3) is 0.857. The van der Waals surface area contributed by atoms with E-state index in [0.29, 0.717) is 5.92 Å². The highest BCUT2D eigenvalue weighted by Crippen LogP contribution is 2.18. The molecule has 0 aromatic carbocycles. The number of ether oxygens (including phenoxy) is 1. The molecule has 0 aromatic rings. The lowest BCUT2D eigenvalue weighted by molar-refractivity contribution is -0.402. The Kier molecular flexibility index (Phi) is 1.94. The first-order valence-electron chi connectivity index (χ1n) is 3.65. The topological polar surface area (TPSA) is 53.9 Å². The molecular formula is C7H14NO2+. The standard InChI is InChI=1S/C7H13NO2/c1-4(2)6-3-5(8)7(9)10-6/h4-6H,3,8H2,1-2H3/p+1/t5-,6-/m1/s1. The number of rotatable bonds is 1. The zero-order chi connectivity index (χ0) is 7.72. The molecule has 0 saturated carbocycles. The molecule has 1 aliphatic heterocycles. The summed E-state index contributed by atoms with van der Waals surface area (Å²) >= 11 is 0. The minimum Gasteiger partial charge on any atom is -0.457 e. The Hall–Kier alpha value is -0.570. The second-order valence-electron chi connectivity index (χ2n) is 3.15. The molecule has 3 nitrogen and oxygen atoms in total. The number of quaternary nitrogens is 1. The van der Waals surface area contributed by atoms with Gasteiger partial charge in [-0.25, -0.2) is 4.79 Å². The van der Waals surface area contributed by atoms with Gasteiger partial charge in [0.2, 0.25) is 0 Å². The van der Waals surface area contributed by atoms with E-state index < -0.39 is 0 Å². The smallest absolute Gasteiger partial charge is 0.365 e. The number of hydrogen-bond donors (Lipinski definition) is 1. The molecule has 0 aliphatic carbocycles. The van der Waals surface area contributed by atoms with Gasteiger partial charge in [0.05, 0.1) is 0 Å². The number of cyclic esters (lactones) is 1. The molecule has 0 spiro atoms. The zero-order valence-corrected chi connectivity index (χ0v) is 6.46. The van der Waals surface area contributed by atoms with Crippen molar-refractivity contribution in [3.63, 3.8) is 0 Å². The molecule has 3 heteroatoms. The zero-order valence-electron chi connectivity index (χ0n) is 6.46. The minimum atomic E-state index is -0.140. The lowest BCUT2D eigenvalue weighted by Crippen LogP contribution is -2.63. The maximum Gasteiger partial charge on any atom is 0.365 e. The summed E-state index contributed by atoms with van der Waals surface area (Å²) in [5, 5.41) is 0. The Bertz CT molecular complexity index is 145. The molecule has 0 amide bonds. The van der Waals surface area contributed by atoms with Gasteiger partial charge in [-0.05, 0) is 5.92 Å². The van der Waals surface area contributed by atoms with Crippen LogP contribution in [0.3, 0.4) is 0 Å². The lowest BCUT2D eigenvalue weighted by Gasteiger charge is -2.10. The van der Waals surface area contributed by atoms with Gasteiger partial charge in [0.1, 0.15) is 6.10 Å². The predicted molar refractivity (Wildman–Crippen MR) is 36.0 cm³/mol. The number of esters is 1. The van der Waals surface area contributed by atoms with Crippen LogP contribution in [0.25, 0.3) is 0 Å². The van der Waals surface area contributed by atoms with Crippen molar-refractivity contribution >= 4 is 5.97 Å². The molecule has 0 aromatic heterocycles. The number of carbonyl (C=O) groups is 1. The third-order valence-electron chi connectivity index (χ3n) is 1.86. The molecule has 3 N–H and O–H groups in total. The molecule has 1 rings (SSSR count). The molecule has 1 saturated heterocycles. The minimum absolute atomic E-state index is 0.106. The van der Waals surface area contributed by atoms with Crippen molar-refractivity contribution in [3.05, 3.63) is 0 Å². The first kappa shape index (κ1) is 7.54. The van der Waals surface area contributed by atoms with E-state index in [9.17, 15) is 4.79 Å². The van der Waals surface area contributed by atoms with E-state index >= 15 is 0 Å². The van der Waals surface area contributed by atoms with Crippen LogP contribution in [0.2, 0.25) is 0 Å². The van der Waals surface area contributed by atoms with E-state index in [4.69, 9.17) is 4.74 Å². The van der Waals surface area contributed by atoms with Crippen LogP contribution in [0, 0.1) is 5.92 Å². The molecule has 58 valence electrons. The lowest BCUT2D eigenvalue weighted by atomic mass is 10.0. The van der Waals surface area contributed by atoms with Crippen LogP contribution in [0.5, 0.6) is 0 Å². The van der Waals surface area contributed by atoms with Gasteiger partial charge in [0.25, 0.3) is 0 Å². The first-order valence-corrected chi connectivity index (χ1v) is 3.65. The van der Waals surface area contributed by atoms with Gasteiger partial charge in [-0.1, -0.05) is 13.8 Å². The molecule has 1 heterocycles. The van der Waals surface area contributed by atoms with Gasteiger partial charge < -0.3 is 10.5 Å². The van der Waals surface area contributed by atoms with Crippen LogP contribution in [-0.2, 0) is 9.53 Å². The van der Waals surface area contributed by atoms with Crippen molar-refractivity contribution < 1.29 is 15.3 Å². The fourth-order valence-electron chi connectivity index (χ4n) is 1.08. The largest absolute Gasteiger partial charge is 0.457 e. The summed E-state index contributed by atoms with van der Waals surface area (Å²) in [7, 11) is 0. The molecule has 0 unspecified atom stereocenters. The second kappa shape index (κ2) is 2.58. The van der Waals surface area contributed by atoms with Gasteiger partial charge in [0, 0.05) is 6.42 Å². The summed E-state index contributed by atoms with van der Waals surface area (Å²) in [5.74, 6) is 0.286. The Morgan fingerprint density at radius 1 is 1.70 bits per heavy atom. The Morgan fingerprint density at radius 2 is 2.30 bits per heavy atom. The first-order chi connectivity index (χ1) is 4.61. The van der Waals surface area contributed by atoms with Crippen molar-refractivity contribution in [2.24, 2.45) is 5.92 Å². The molecule has 2 atom stereocenters. The summed E-state index contributed by atoms with van der Waals surface area (Å²) in [6.45, 7) is 4.10. The van der Waals surface area contributed by atoms with Crippen LogP contribution in [0.4, 0.5) is 0 Å². The predicted octanol–water partition coefficient (Wildman–Crippen LogP) is -0.432. The fourth-order valence-corrected chi connectivity index (χ4v) is 1.08. The number of hydrogen-bond acceptors (Lipinski definition) is 2. The van der Waals surface area contributed by atoms with Crippen LogP contribution in [-0.4, -0.2) is 18.1 Å². The van der Waals surface area contributed by atoms with Crippen LogP contribution >= 0.6 is 0 Å². The van der Waals surface area contributed by atoms with Gasteiger partial charge in [0.15, 0.2) is 6.04 Å². The number of carbonyl (C=O) groups excluding carboxylic acids is 1. The van der Waals surface area contributed by atoms with Gasteiger partial charge in [-0.3, -0.25) is 0 Å². The van der Waals surface area contributed by atoms with E-state index in [2.05, 4.69) is 19.6 Å². The van der Waals surface area contributed by atoms with Gasteiger partial charge >= 0.3 is 5.97 Å². The van der Waals surface area contributed by atoms with Crippen LogP contribution in [0.1, 0.15) is 20.3 Å². The SMILES string of the molecule is CC(C)[C@H]1C[C@@H]([NH3+])C(=O)O1. The van der Waals surface area contributed by atoms with Crippen LogP contribution in [0.15, 0.2) is 0 Å². The van der Waals surface area contributed by atoms with E-state index in [0.717, 1.165) is 6.42 Å². The van der Waals surface area contributed by atoms with Gasteiger partial charge in [-0.2, -0.15) is 0 Å². The average Bonchev–Trinajstić information content (AvgIpc) is 2.13. The third-order valence-corrected chi connectivity index (χ3v) is 1.86. The molecule has 1 fully saturated rings. The molecule has 0 radical (unpaired) electrons. The third kappa shape index (κ3) is 1.29. The Balaban J connectivity index is 2.49. The maximum atomic E-state index is 10.8. The van der Waals surface area contributed by atoms with E-state index in [1.807, 2.05) is 0 Å². The summed E-state index contributed by atoms with van der Waals surface area (Å²) in [4.78, 5) is 10.8. The molecule has 10 heavy (non-hydrogen) atoms. The Morgan fingerprint density at radius 3 is 2.50 bits per heavy atom. The Labute approximate surface area is 60.5 Å². The second-order valence-corrected chi connectivity index (χ2v) is 3.15. The maximum absolute atomic E-state index is 10.8. The van der Waals surface area contributed by atoms with E-state index in [-0.39, 0.29) is 18.1 Å². The highest BCUT2D eigenvalue weighted by molar-refractivity contribution is 5.76. The summed E-state index contributed by atoms with van der Waals surface area (Å²) in [6, 6.07) is -0.132. The molecular weight excluding hydrogens is 130 g/mol. The highest BCUT2D eigenvalue weighted by Gasteiger charge is 2.35. The van der Waals surface area contributed by atoms with E-state index in [1.165, 1.54) is 0 Å². The van der Waals surface area contributed by atoms with Crippen molar-refractivity contribution in [2.75, 3.05) is 0 Å². The van der Waals surface area contributed by atoms with E-state index in [1.54, 1.807) is 0 Å². The molecule has 0 bridgehead atoms. The van der Waals surface area contributed by atoms with Crippen molar-refractivity contribution in [3.8, 4) is 0 Å². The quantitative estimate of drug-likeness (QED) is 0.508. The summed E-state index contributed by atoms with van der Waals surface area (Å²) in [6.07, 6.45) is 0.895.